The van der Waals surface area contributed by atoms with Crippen LogP contribution in [0.4, 0.5) is 5.69 Å². The summed E-state index contributed by atoms with van der Waals surface area (Å²) in [5.41, 5.74) is 6.22. The van der Waals surface area contributed by atoms with Crippen LogP contribution in [0.3, 0.4) is 0 Å². The Bertz CT molecular complexity index is 771. The Kier molecular flexibility index (Phi) is 11.5. The van der Waals surface area contributed by atoms with Crippen molar-refractivity contribution in [1.82, 2.24) is 0 Å². The molecule has 3 aliphatic rings. The zero-order valence-corrected chi connectivity index (χ0v) is 18.9. The number of hydrogen-bond acceptors (Lipinski definition) is 1. The Morgan fingerprint density at radius 1 is 0.846 bits per heavy atom. The van der Waals surface area contributed by atoms with E-state index in [1.54, 1.807) is 0 Å². The van der Waals surface area contributed by atoms with Crippen molar-refractivity contribution >= 4 is 30.5 Å². The maximum absolute atomic E-state index is 3.10. The van der Waals surface area contributed by atoms with Gasteiger partial charge in [-0.3, -0.25) is 0 Å². The Labute approximate surface area is 188 Å². The normalized spacial score (nSPS) is 15.5. The number of anilines is 1. The molecule has 26 heavy (non-hydrogen) atoms. The summed E-state index contributed by atoms with van der Waals surface area (Å²) in [4.78, 5) is 2.19. The van der Waals surface area contributed by atoms with Gasteiger partial charge in [-0.15, -0.1) is 54.7 Å². The Hall–Kier alpha value is -1.34. The summed E-state index contributed by atoms with van der Waals surface area (Å²) in [6.45, 7) is 4.22. The molecule has 0 N–H and O–H groups in total. The zero-order valence-electron chi connectivity index (χ0n) is 14.8. The van der Waals surface area contributed by atoms with Gasteiger partial charge in [0.05, 0.1) is 0 Å². The molecule has 0 aromatic heterocycles. The van der Waals surface area contributed by atoms with Crippen molar-refractivity contribution < 1.29 is 26.2 Å². The second kappa shape index (κ2) is 12.1. The third-order valence-electron chi connectivity index (χ3n) is 3.84. The fourth-order valence-electron chi connectivity index (χ4n) is 2.51. The van der Waals surface area contributed by atoms with Crippen molar-refractivity contribution in [1.29, 1.82) is 0 Å². The van der Waals surface area contributed by atoms with E-state index in [4.69, 9.17) is 0 Å². The van der Waals surface area contributed by atoms with Crippen molar-refractivity contribution in [3.63, 3.8) is 0 Å². The van der Waals surface area contributed by atoms with Gasteiger partial charge in [-0.25, -0.2) is 0 Å². The second-order valence-electron chi connectivity index (χ2n) is 5.61. The van der Waals surface area contributed by atoms with E-state index in [0.29, 0.717) is 0 Å². The van der Waals surface area contributed by atoms with Gasteiger partial charge in [-0.1, -0.05) is 24.3 Å². The van der Waals surface area contributed by atoms with Gasteiger partial charge in [0.25, 0.3) is 0 Å². The fraction of sp³-hybridized carbons (Fsp3) is 0.0909. The van der Waals surface area contributed by atoms with E-state index < -0.39 is 0 Å². The van der Waals surface area contributed by atoms with Crippen LogP contribution in [0.15, 0.2) is 108 Å². The number of para-hydroxylation sites is 1. The molecule has 0 amide bonds. The standard InChI is InChI=1S/C14H15N.C8H5.2ClH.Zr/c1-12-8-9-13(2)15(11-10-12)14-6-4-3-5-7-14;1-3-7-5-2-6-8(7)4-1;;;/h3-11H,1-2H3;1-5H;2*1H;/q;-1;;;. The van der Waals surface area contributed by atoms with Gasteiger partial charge in [0, 0.05) is 43.8 Å². The van der Waals surface area contributed by atoms with Crippen LogP contribution in [0.25, 0.3) is 0 Å². The van der Waals surface area contributed by atoms with Crippen molar-refractivity contribution in [3.05, 3.63) is 114 Å². The number of allylic oxidation sites excluding steroid dienone is 13. The third kappa shape index (κ3) is 6.43. The van der Waals surface area contributed by atoms with E-state index in [2.05, 4.69) is 91.7 Å². The van der Waals surface area contributed by atoms with Crippen LogP contribution in [0, 0.1) is 6.08 Å². The summed E-state index contributed by atoms with van der Waals surface area (Å²) in [6.07, 6.45) is 21.8. The Morgan fingerprint density at radius 2 is 1.58 bits per heavy atom. The van der Waals surface area contributed by atoms with Crippen molar-refractivity contribution in [2.75, 3.05) is 4.90 Å². The first-order valence-electron chi connectivity index (χ1n) is 7.80. The van der Waals surface area contributed by atoms with E-state index in [-0.39, 0.29) is 51.0 Å². The quantitative estimate of drug-likeness (QED) is 0.431. The summed E-state index contributed by atoms with van der Waals surface area (Å²) in [5, 5.41) is 0. The van der Waals surface area contributed by atoms with Crippen molar-refractivity contribution in [2.45, 2.75) is 13.8 Å². The van der Waals surface area contributed by atoms with Gasteiger partial charge in [0.15, 0.2) is 0 Å². The topological polar surface area (TPSA) is 3.24 Å². The van der Waals surface area contributed by atoms with Crippen LogP contribution in [-0.2, 0) is 26.2 Å². The van der Waals surface area contributed by atoms with Crippen molar-refractivity contribution in [3.8, 4) is 0 Å². The van der Waals surface area contributed by atoms with E-state index in [0.717, 1.165) is 0 Å². The van der Waals surface area contributed by atoms with Crippen molar-refractivity contribution in [2.24, 2.45) is 0 Å². The van der Waals surface area contributed by atoms with Gasteiger partial charge in [0.1, 0.15) is 0 Å². The zero-order chi connectivity index (χ0) is 16.1. The summed E-state index contributed by atoms with van der Waals surface area (Å²) < 4.78 is 0. The molecule has 0 atom stereocenters. The van der Waals surface area contributed by atoms with Gasteiger partial charge >= 0.3 is 0 Å². The van der Waals surface area contributed by atoms with Gasteiger partial charge < -0.3 is 4.90 Å². The molecule has 0 unspecified atom stereocenters. The first-order valence-corrected chi connectivity index (χ1v) is 7.80. The number of halogens is 2. The molecule has 0 spiro atoms. The van der Waals surface area contributed by atoms with E-state index in [1.807, 2.05) is 18.2 Å². The summed E-state index contributed by atoms with van der Waals surface area (Å²) >= 11 is 0. The number of fused-ring (bicyclic) bond motifs is 1. The second-order valence-corrected chi connectivity index (χ2v) is 5.61. The molecular formula is C22H22Cl2NZr-. The van der Waals surface area contributed by atoms with Crippen LogP contribution in [0.1, 0.15) is 13.8 Å². The summed E-state index contributed by atoms with van der Waals surface area (Å²) in [6, 6.07) is 10.4. The molecule has 1 aromatic rings. The summed E-state index contributed by atoms with van der Waals surface area (Å²) in [5.74, 6) is 0. The molecule has 0 fully saturated rings. The minimum atomic E-state index is 0. The molecule has 0 saturated carbocycles. The van der Waals surface area contributed by atoms with E-state index in [9.17, 15) is 0 Å². The monoisotopic (exact) mass is 460 g/mol. The average molecular weight is 463 g/mol. The van der Waals surface area contributed by atoms with E-state index in [1.165, 1.54) is 28.1 Å². The number of nitrogens with zero attached hydrogens (tertiary/aromatic N) is 1. The molecule has 4 heteroatoms. The molecule has 1 nitrogen and oxygen atoms in total. The first-order chi connectivity index (χ1) is 11.2. The molecule has 134 valence electrons. The summed E-state index contributed by atoms with van der Waals surface area (Å²) in [7, 11) is 0. The molecular weight excluding hydrogens is 440 g/mol. The van der Waals surface area contributed by atoms with Crippen LogP contribution < -0.4 is 4.90 Å². The molecule has 0 radical (unpaired) electrons. The number of hydrogen-bond donors (Lipinski definition) is 0. The van der Waals surface area contributed by atoms with Crippen LogP contribution in [0.2, 0.25) is 0 Å². The maximum atomic E-state index is 3.10. The predicted octanol–water partition coefficient (Wildman–Crippen LogP) is 6.49. The Balaban J connectivity index is 0.000000489. The molecule has 1 heterocycles. The fourth-order valence-corrected chi connectivity index (χ4v) is 2.51. The number of rotatable bonds is 1. The first kappa shape index (κ1) is 24.7. The molecule has 0 bridgehead atoms. The Morgan fingerprint density at radius 3 is 2.27 bits per heavy atom. The third-order valence-corrected chi connectivity index (χ3v) is 3.84. The molecule has 0 saturated heterocycles. The molecule has 1 aromatic carbocycles. The van der Waals surface area contributed by atoms with Gasteiger partial charge in [-0.05, 0) is 43.7 Å². The van der Waals surface area contributed by atoms with Gasteiger partial charge in [-0.2, -0.15) is 17.7 Å². The minimum absolute atomic E-state index is 0. The van der Waals surface area contributed by atoms with Crippen LogP contribution in [0.5, 0.6) is 0 Å². The van der Waals surface area contributed by atoms with Gasteiger partial charge in [0.2, 0.25) is 0 Å². The number of benzene rings is 1. The van der Waals surface area contributed by atoms with Crippen LogP contribution in [-0.4, -0.2) is 0 Å². The molecule has 4 rings (SSSR count). The SMILES string of the molecule is CC1=CC=C(C)N(c2ccccc2)C=C1.Cl.Cl.[C-]1=CC=C2C=CC=C12.[Zr]. The molecule has 2 aliphatic carbocycles. The van der Waals surface area contributed by atoms with Crippen LogP contribution >= 0.6 is 24.8 Å². The maximum Gasteiger partial charge on any atom is 0.0452 e. The van der Waals surface area contributed by atoms with E-state index >= 15 is 0 Å². The molecule has 1 aliphatic heterocycles. The average Bonchev–Trinajstić information content (AvgIpc) is 3.15. The largest absolute Gasteiger partial charge is 0.321 e. The predicted molar refractivity (Wildman–Crippen MR) is 113 cm³/mol. The minimum Gasteiger partial charge on any atom is -0.321 e. The smallest absolute Gasteiger partial charge is 0.0452 e.